The molecule has 0 saturated heterocycles. The van der Waals surface area contributed by atoms with Gasteiger partial charge in [-0.2, -0.15) is 0 Å². The van der Waals surface area contributed by atoms with Crippen molar-refractivity contribution in [2.24, 2.45) is 5.41 Å². The molecule has 0 aliphatic heterocycles. The van der Waals surface area contributed by atoms with Crippen LogP contribution in [0.5, 0.6) is 0 Å². The van der Waals surface area contributed by atoms with Crippen LogP contribution in [0.15, 0.2) is 30.9 Å². The van der Waals surface area contributed by atoms with E-state index >= 15 is 0 Å². The van der Waals surface area contributed by atoms with Crippen LogP contribution in [0.2, 0.25) is 5.02 Å². The van der Waals surface area contributed by atoms with Crippen LogP contribution >= 0.6 is 11.6 Å². The Morgan fingerprint density at radius 2 is 2.28 bits per heavy atom. The lowest BCUT2D eigenvalue weighted by Gasteiger charge is -2.20. The Bertz CT molecular complexity index is 515. The van der Waals surface area contributed by atoms with Gasteiger partial charge < -0.3 is 5.11 Å². The van der Waals surface area contributed by atoms with E-state index in [1.807, 2.05) is 0 Å². The Hall–Kier alpha value is -1.88. The second-order valence-electron chi connectivity index (χ2n) is 4.14. The number of carboxylic acids is 1. The molecule has 0 spiro atoms. The van der Waals surface area contributed by atoms with Crippen molar-refractivity contribution in [2.45, 2.75) is 13.3 Å². The molecule has 1 unspecified atom stereocenters. The summed E-state index contributed by atoms with van der Waals surface area (Å²) < 4.78 is 0. The molecule has 1 atom stereocenters. The van der Waals surface area contributed by atoms with E-state index in [2.05, 4.69) is 6.58 Å². The van der Waals surface area contributed by atoms with Crippen LogP contribution in [0.4, 0.5) is 5.69 Å². The summed E-state index contributed by atoms with van der Waals surface area (Å²) in [6.45, 7) is 5.01. The number of hydrogen-bond acceptors (Lipinski definition) is 3. The number of halogens is 1. The lowest BCUT2D eigenvalue weighted by molar-refractivity contribution is -0.384. The van der Waals surface area contributed by atoms with Crippen molar-refractivity contribution < 1.29 is 14.8 Å². The maximum Gasteiger partial charge on any atom is 0.313 e. The minimum Gasteiger partial charge on any atom is -0.481 e. The predicted molar refractivity (Wildman–Crippen MR) is 67.8 cm³/mol. The smallest absolute Gasteiger partial charge is 0.313 e. The van der Waals surface area contributed by atoms with Crippen molar-refractivity contribution in [3.63, 3.8) is 0 Å². The van der Waals surface area contributed by atoms with Gasteiger partial charge in [-0.3, -0.25) is 14.9 Å². The molecule has 0 saturated carbocycles. The number of non-ortho nitro benzene ring substituents is 1. The Kier molecular flexibility index (Phi) is 4.08. The number of nitro benzene ring substituents is 1. The molecule has 0 radical (unpaired) electrons. The standard InChI is InChI=1S/C12H12ClNO4/c1-3-12(2,11(15)16)7-8-4-5-9(14(17)18)6-10(8)13/h3-6H,1,7H2,2H3,(H,15,16). The molecule has 1 aromatic carbocycles. The topological polar surface area (TPSA) is 80.4 Å². The zero-order chi connectivity index (χ0) is 13.9. The first kappa shape index (κ1) is 14.2. The molecular formula is C12H12ClNO4. The molecule has 1 aromatic rings. The van der Waals surface area contributed by atoms with E-state index in [0.29, 0.717) is 5.56 Å². The van der Waals surface area contributed by atoms with Crippen LogP contribution < -0.4 is 0 Å². The highest BCUT2D eigenvalue weighted by Gasteiger charge is 2.30. The number of carbonyl (C=O) groups is 1. The molecular weight excluding hydrogens is 258 g/mol. The fourth-order valence-corrected chi connectivity index (χ4v) is 1.67. The molecule has 0 bridgehead atoms. The Balaban J connectivity index is 3.09. The molecule has 0 aliphatic carbocycles. The van der Waals surface area contributed by atoms with Gasteiger partial charge in [-0.1, -0.05) is 23.7 Å². The number of nitrogens with zero attached hydrogens (tertiary/aromatic N) is 1. The highest BCUT2D eigenvalue weighted by Crippen LogP contribution is 2.30. The Morgan fingerprint density at radius 1 is 1.67 bits per heavy atom. The van der Waals surface area contributed by atoms with E-state index in [-0.39, 0.29) is 17.1 Å². The first-order valence-electron chi connectivity index (χ1n) is 5.10. The van der Waals surface area contributed by atoms with E-state index in [4.69, 9.17) is 16.7 Å². The number of aliphatic carboxylic acids is 1. The van der Waals surface area contributed by atoms with Gasteiger partial charge in [0.2, 0.25) is 0 Å². The summed E-state index contributed by atoms with van der Waals surface area (Å²) in [6, 6.07) is 3.97. The van der Waals surface area contributed by atoms with Crippen LogP contribution in [0.1, 0.15) is 12.5 Å². The highest BCUT2D eigenvalue weighted by atomic mass is 35.5. The Morgan fingerprint density at radius 3 is 2.67 bits per heavy atom. The average molecular weight is 270 g/mol. The van der Waals surface area contributed by atoms with Crippen LogP contribution in [0.3, 0.4) is 0 Å². The molecule has 0 aromatic heterocycles. The molecule has 1 N–H and O–H groups in total. The number of carboxylic acid groups (broad SMARTS) is 1. The molecule has 18 heavy (non-hydrogen) atoms. The van der Waals surface area contributed by atoms with Gasteiger partial charge in [0.05, 0.1) is 15.4 Å². The fourth-order valence-electron chi connectivity index (χ4n) is 1.42. The molecule has 5 nitrogen and oxygen atoms in total. The first-order chi connectivity index (χ1) is 8.30. The lowest BCUT2D eigenvalue weighted by Crippen LogP contribution is -2.27. The monoisotopic (exact) mass is 269 g/mol. The van der Waals surface area contributed by atoms with Gasteiger partial charge in [-0.15, -0.1) is 6.58 Å². The lowest BCUT2D eigenvalue weighted by atomic mass is 9.84. The van der Waals surface area contributed by atoms with Crippen molar-refractivity contribution in [3.05, 3.63) is 51.6 Å². The third kappa shape index (κ3) is 2.87. The Labute approximate surface area is 109 Å². The summed E-state index contributed by atoms with van der Waals surface area (Å²) >= 11 is 5.91. The van der Waals surface area contributed by atoms with Gasteiger partial charge in [-0.25, -0.2) is 0 Å². The molecule has 0 amide bonds. The third-order valence-electron chi connectivity index (χ3n) is 2.74. The summed E-state index contributed by atoms with van der Waals surface area (Å²) in [5, 5.41) is 19.8. The molecule has 0 aliphatic rings. The second kappa shape index (κ2) is 5.18. The van der Waals surface area contributed by atoms with Crippen LogP contribution in [-0.2, 0) is 11.2 Å². The maximum absolute atomic E-state index is 11.1. The van der Waals surface area contributed by atoms with Crippen LogP contribution in [0.25, 0.3) is 0 Å². The quantitative estimate of drug-likeness (QED) is 0.506. The minimum atomic E-state index is -1.15. The number of benzene rings is 1. The van der Waals surface area contributed by atoms with Gasteiger partial charge in [0.25, 0.3) is 5.69 Å². The molecule has 0 heterocycles. The molecule has 0 fully saturated rings. The fraction of sp³-hybridized carbons (Fsp3) is 0.250. The van der Waals surface area contributed by atoms with E-state index in [9.17, 15) is 14.9 Å². The van der Waals surface area contributed by atoms with Crippen molar-refractivity contribution in [2.75, 3.05) is 0 Å². The average Bonchev–Trinajstić information content (AvgIpc) is 2.31. The zero-order valence-electron chi connectivity index (χ0n) is 9.72. The summed E-state index contributed by atoms with van der Waals surface area (Å²) in [4.78, 5) is 21.1. The molecule has 96 valence electrons. The van der Waals surface area contributed by atoms with Crippen LogP contribution in [0, 0.1) is 15.5 Å². The molecule has 6 heteroatoms. The summed E-state index contributed by atoms with van der Waals surface area (Å²) in [6.07, 6.45) is 1.45. The third-order valence-corrected chi connectivity index (χ3v) is 3.10. The normalized spacial score (nSPS) is 13.7. The van der Waals surface area contributed by atoms with Gasteiger partial charge in [0, 0.05) is 12.1 Å². The van der Waals surface area contributed by atoms with Crippen molar-refractivity contribution in [3.8, 4) is 0 Å². The summed E-state index contributed by atoms with van der Waals surface area (Å²) in [7, 11) is 0. The van der Waals surface area contributed by atoms with E-state index in [1.54, 1.807) is 0 Å². The predicted octanol–water partition coefficient (Wildman–Crippen LogP) is 3.07. The van der Waals surface area contributed by atoms with E-state index in [0.717, 1.165) is 0 Å². The maximum atomic E-state index is 11.1. The number of hydrogen-bond donors (Lipinski definition) is 1. The molecule has 1 rings (SSSR count). The first-order valence-corrected chi connectivity index (χ1v) is 5.48. The van der Waals surface area contributed by atoms with Gasteiger partial charge in [-0.05, 0) is 18.9 Å². The van der Waals surface area contributed by atoms with Gasteiger partial charge in [0.15, 0.2) is 0 Å². The van der Waals surface area contributed by atoms with Crippen molar-refractivity contribution in [1.29, 1.82) is 0 Å². The van der Waals surface area contributed by atoms with Crippen molar-refractivity contribution in [1.82, 2.24) is 0 Å². The van der Waals surface area contributed by atoms with Crippen molar-refractivity contribution >= 4 is 23.3 Å². The van der Waals surface area contributed by atoms with Gasteiger partial charge >= 0.3 is 5.97 Å². The number of nitro groups is 1. The summed E-state index contributed by atoms with van der Waals surface area (Å²) in [5.41, 5.74) is -0.744. The highest BCUT2D eigenvalue weighted by molar-refractivity contribution is 6.31. The van der Waals surface area contributed by atoms with Crippen LogP contribution in [-0.4, -0.2) is 16.0 Å². The number of rotatable bonds is 5. The second-order valence-corrected chi connectivity index (χ2v) is 4.54. The van der Waals surface area contributed by atoms with E-state index in [1.165, 1.54) is 31.2 Å². The minimum absolute atomic E-state index is 0.126. The summed E-state index contributed by atoms with van der Waals surface area (Å²) in [5.74, 6) is -1.02. The SMILES string of the molecule is C=CC(C)(Cc1ccc([N+](=O)[O-])cc1Cl)C(=O)O. The largest absolute Gasteiger partial charge is 0.481 e. The zero-order valence-corrected chi connectivity index (χ0v) is 10.5. The van der Waals surface area contributed by atoms with Gasteiger partial charge in [0.1, 0.15) is 0 Å². The van der Waals surface area contributed by atoms with E-state index < -0.39 is 16.3 Å².